The highest BCUT2D eigenvalue weighted by atomic mass is 32.2. The lowest BCUT2D eigenvalue weighted by Gasteiger charge is -2.28. The van der Waals surface area contributed by atoms with Gasteiger partial charge in [0.25, 0.3) is 0 Å². The highest BCUT2D eigenvalue weighted by Gasteiger charge is 2.46. The normalized spacial score (nSPS) is 27.1. The zero-order valence-electron chi connectivity index (χ0n) is 13.2. The van der Waals surface area contributed by atoms with Gasteiger partial charge in [0.2, 0.25) is 0 Å². The highest BCUT2D eigenvalue weighted by molar-refractivity contribution is 7.91. The fourth-order valence-electron chi connectivity index (χ4n) is 3.49. The van der Waals surface area contributed by atoms with E-state index in [9.17, 15) is 13.5 Å². The van der Waals surface area contributed by atoms with E-state index < -0.39 is 20.7 Å². The lowest BCUT2D eigenvalue weighted by Crippen LogP contribution is -2.42. The number of rotatable bonds is 10. The number of unbranched alkanes of at least 4 members (excludes halogenated alkanes) is 7. The average molecular weight is 304 g/mol. The number of hydrogen-bond acceptors (Lipinski definition) is 3. The summed E-state index contributed by atoms with van der Waals surface area (Å²) >= 11 is 0. The van der Waals surface area contributed by atoms with Gasteiger partial charge in [-0.2, -0.15) is 0 Å². The largest absolute Gasteiger partial charge is 0.389 e. The first-order valence-corrected chi connectivity index (χ1v) is 10.3. The van der Waals surface area contributed by atoms with Gasteiger partial charge in [-0.25, -0.2) is 8.42 Å². The quantitative estimate of drug-likeness (QED) is 0.624. The zero-order valence-corrected chi connectivity index (χ0v) is 14.1. The van der Waals surface area contributed by atoms with E-state index in [-0.39, 0.29) is 0 Å². The number of aliphatic hydroxyl groups is 1. The summed E-state index contributed by atoms with van der Waals surface area (Å²) < 4.78 is 23.4. The van der Waals surface area contributed by atoms with Crippen LogP contribution in [-0.4, -0.2) is 30.6 Å². The molecule has 1 fully saturated rings. The molecule has 0 radical (unpaired) electrons. The molecule has 1 rings (SSSR count). The van der Waals surface area contributed by atoms with Gasteiger partial charge in [-0.3, -0.25) is 0 Å². The van der Waals surface area contributed by atoms with E-state index in [1.165, 1.54) is 44.8 Å². The molecule has 1 aliphatic carbocycles. The van der Waals surface area contributed by atoms with E-state index in [1.54, 1.807) is 0 Å². The molecule has 0 aromatic carbocycles. The Morgan fingerprint density at radius 1 is 1.05 bits per heavy atom. The summed E-state index contributed by atoms with van der Waals surface area (Å²) in [4.78, 5) is 0. The summed E-state index contributed by atoms with van der Waals surface area (Å²) in [7, 11) is -3.12. The molecule has 0 spiro atoms. The second-order valence-corrected chi connectivity index (χ2v) is 8.77. The Kier molecular flexibility index (Phi) is 7.52. The monoisotopic (exact) mass is 304 g/mol. The minimum absolute atomic E-state index is 0.528. The average Bonchev–Trinajstić information content (AvgIpc) is 2.75. The van der Waals surface area contributed by atoms with Gasteiger partial charge in [-0.05, 0) is 25.7 Å². The third kappa shape index (κ3) is 5.72. The van der Waals surface area contributed by atoms with Crippen LogP contribution in [0.3, 0.4) is 0 Å². The SMILES string of the molecule is CCCCCCCCCCC1(O)CCCC1S(C)(=O)=O. The molecule has 20 heavy (non-hydrogen) atoms. The first-order chi connectivity index (χ1) is 9.40. The second kappa shape index (κ2) is 8.38. The Morgan fingerprint density at radius 3 is 2.15 bits per heavy atom. The van der Waals surface area contributed by atoms with Crippen molar-refractivity contribution < 1.29 is 13.5 Å². The number of hydrogen-bond donors (Lipinski definition) is 1. The predicted molar refractivity (Wildman–Crippen MR) is 84.7 cm³/mol. The van der Waals surface area contributed by atoms with Gasteiger partial charge in [0.05, 0.1) is 10.9 Å². The van der Waals surface area contributed by atoms with Crippen LogP contribution in [0.5, 0.6) is 0 Å². The van der Waals surface area contributed by atoms with Crippen molar-refractivity contribution in [3.8, 4) is 0 Å². The molecule has 1 aliphatic rings. The third-order valence-corrected chi connectivity index (χ3v) is 6.36. The lowest BCUT2D eigenvalue weighted by atomic mass is 9.93. The molecule has 0 saturated heterocycles. The Labute approximate surface area is 125 Å². The van der Waals surface area contributed by atoms with Crippen molar-refractivity contribution in [2.75, 3.05) is 6.26 Å². The van der Waals surface area contributed by atoms with Gasteiger partial charge in [-0.15, -0.1) is 0 Å². The molecule has 0 aliphatic heterocycles. The Balaban J connectivity index is 2.20. The number of sulfone groups is 1. The maximum Gasteiger partial charge on any atom is 0.153 e. The van der Waals surface area contributed by atoms with Crippen LogP contribution in [0, 0.1) is 0 Å². The Hall–Kier alpha value is -0.0900. The molecule has 2 atom stereocenters. The van der Waals surface area contributed by atoms with Crippen LogP contribution < -0.4 is 0 Å². The van der Waals surface area contributed by atoms with Crippen LogP contribution in [0.1, 0.15) is 84.0 Å². The highest BCUT2D eigenvalue weighted by Crippen LogP contribution is 2.38. The molecule has 2 unspecified atom stereocenters. The topological polar surface area (TPSA) is 54.4 Å². The molecule has 4 heteroatoms. The molecule has 0 aromatic heterocycles. The van der Waals surface area contributed by atoms with Gasteiger partial charge in [0, 0.05) is 6.26 Å². The third-order valence-electron chi connectivity index (χ3n) is 4.66. The van der Waals surface area contributed by atoms with Crippen LogP contribution >= 0.6 is 0 Å². The first-order valence-electron chi connectivity index (χ1n) is 8.31. The fraction of sp³-hybridized carbons (Fsp3) is 1.00. The molecule has 0 heterocycles. The molecule has 0 amide bonds. The maximum absolute atomic E-state index is 11.7. The van der Waals surface area contributed by atoms with Crippen LogP contribution in [0.15, 0.2) is 0 Å². The molecule has 1 N–H and O–H groups in total. The minimum atomic E-state index is -3.12. The van der Waals surface area contributed by atoms with Gasteiger partial charge < -0.3 is 5.11 Å². The van der Waals surface area contributed by atoms with E-state index in [1.807, 2.05) is 0 Å². The lowest BCUT2D eigenvalue weighted by molar-refractivity contribution is 0.0392. The van der Waals surface area contributed by atoms with E-state index in [2.05, 4.69) is 6.92 Å². The van der Waals surface area contributed by atoms with Crippen molar-refractivity contribution in [3.63, 3.8) is 0 Å². The summed E-state index contributed by atoms with van der Waals surface area (Å²) in [5.41, 5.74) is -0.949. The molecule has 3 nitrogen and oxygen atoms in total. The van der Waals surface area contributed by atoms with Gasteiger partial charge in [0.15, 0.2) is 9.84 Å². The van der Waals surface area contributed by atoms with E-state index >= 15 is 0 Å². The molecule has 0 aromatic rings. The summed E-state index contributed by atoms with van der Waals surface area (Å²) in [5, 5.41) is 10.1. The van der Waals surface area contributed by atoms with Gasteiger partial charge >= 0.3 is 0 Å². The van der Waals surface area contributed by atoms with Gasteiger partial charge in [-0.1, -0.05) is 58.3 Å². The minimum Gasteiger partial charge on any atom is -0.389 e. The maximum atomic E-state index is 11.7. The molecule has 0 bridgehead atoms. The van der Waals surface area contributed by atoms with Crippen molar-refractivity contribution in [1.82, 2.24) is 0 Å². The van der Waals surface area contributed by atoms with Crippen molar-refractivity contribution in [2.45, 2.75) is 94.8 Å². The first kappa shape index (κ1) is 18.0. The smallest absolute Gasteiger partial charge is 0.153 e. The van der Waals surface area contributed by atoms with Crippen molar-refractivity contribution >= 4 is 9.84 Å². The zero-order chi connectivity index (χ0) is 15.1. The molecule has 120 valence electrons. The van der Waals surface area contributed by atoms with Crippen molar-refractivity contribution in [2.24, 2.45) is 0 Å². The molecular formula is C16H32O3S. The summed E-state index contributed by atoms with van der Waals surface area (Å²) in [6.07, 6.45) is 13.8. The van der Waals surface area contributed by atoms with Crippen molar-refractivity contribution in [1.29, 1.82) is 0 Å². The summed E-state index contributed by atoms with van der Waals surface area (Å²) in [5.74, 6) is 0. The fourth-order valence-corrected chi connectivity index (χ4v) is 5.11. The Morgan fingerprint density at radius 2 is 1.60 bits per heavy atom. The van der Waals surface area contributed by atoms with Crippen LogP contribution in [0.2, 0.25) is 0 Å². The van der Waals surface area contributed by atoms with E-state index in [4.69, 9.17) is 0 Å². The predicted octanol–water partition coefficient (Wildman–Crippen LogP) is 3.85. The van der Waals surface area contributed by atoms with Crippen LogP contribution in [0.25, 0.3) is 0 Å². The van der Waals surface area contributed by atoms with E-state index in [0.29, 0.717) is 19.3 Å². The second-order valence-electron chi connectivity index (χ2n) is 6.54. The Bertz CT molecular complexity index is 364. The van der Waals surface area contributed by atoms with E-state index in [0.717, 1.165) is 19.3 Å². The standard InChI is InChI=1S/C16H32O3S/c1-3-4-5-6-7-8-9-10-13-16(17)14-11-12-15(16)20(2,18)19/h15,17H,3-14H2,1-2H3. The molecule has 1 saturated carbocycles. The summed E-state index contributed by atoms with van der Waals surface area (Å²) in [6.45, 7) is 2.22. The van der Waals surface area contributed by atoms with Crippen molar-refractivity contribution in [3.05, 3.63) is 0 Å². The van der Waals surface area contributed by atoms with Crippen LogP contribution in [-0.2, 0) is 9.84 Å². The summed E-state index contributed by atoms with van der Waals surface area (Å²) in [6, 6.07) is 0. The molecular weight excluding hydrogens is 272 g/mol. The van der Waals surface area contributed by atoms with Crippen LogP contribution in [0.4, 0.5) is 0 Å². The van der Waals surface area contributed by atoms with Gasteiger partial charge in [0.1, 0.15) is 0 Å².